The zero-order valence-corrected chi connectivity index (χ0v) is 10.5. The van der Waals surface area contributed by atoms with Crippen molar-refractivity contribution in [1.82, 2.24) is 0 Å². The van der Waals surface area contributed by atoms with Crippen LogP contribution < -0.4 is 0 Å². The molecule has 13 heavy (non-hydrogen) atoms. The fourth-order valence-electron chi connectivity index (χ4n) is 3.68. The third-order valence-corrected chi connectivity index (χ3v) is 3.73. The number of hydrogen-bond donors (Lipinski definition) is 0. The van der Waals surface area contributed by atoms with E-state index in [9.17, 15) is 0 Å². The molecule has 0 aromatic heterocycles. The second kappa shape index (κ2) is 4.98. The molecule has 1 radical (unpaired) electrons. The Bertz CT molecular complexity index is 96.7. The van der Waals surface area contributed by atoms with Crippen molar-refractivity contribution >= 4 is 0 Å². The summed E-state index contributed by atoms with van der Waals surface area (Å²) in [5, 5.41) is 0. The van der Waals surface area contributed by atoms with E-state index in [2.05, 4.69) is 0 Å². The predicted molar refractivity (Wildman–Crippen MR) is 54.2 cm³/mol. The zero-order valence-electron chi connectivity index (χ0n) is 8.97. The largest absolute Gasteiger partial charge is 3.00 e. The van der Waals surface area contributed by atoms with Gasteiger partial charge in [-0.15, -0.1) is 0 Å². The van der Waals surface area contributed by atoms with Gasteiger partial charge >= 0.3 is 21.7 Å². The van der Waals surface area contributed by atoms with Gasteiger partial charge in [0.1, 0.15) is 0 Å². The maximum atomic E-state index is 1.93. The van der Waals surface area contributed by atoms with Crippen LogP contribution in [-0.2, 0) is 21.7 Å². The molecular weight excluding hydrogens is 192 g/mol. The molecule has 4 bridgehead atoms. The van der Waals surface area contributed by atoms with Crippen molar-refractivity contribution in [1.29, 1.82) is 0 Å². The molecule has 0 atom stereocenters. The molecule has 0 heterocycles. The van der Waals surface area contributed by atoms with Crippen LogP contribution in [-0.4, -0.2) is 0 Å². The van der Waals surface area contributed by atoms with Crippen molar-refractivity contribution in [3.63, 3.8) is 0 Å². The second-order valence-electron chi connectivity index (χ2n) is 4.67. The molecule has 4 saturated carbocycles. The van der Waals surface area contributed by atoms with E-state index in [1.807, 2.05) is 5.92 Å². The van der Waals surface area contributed by atoms with Crippen molar-refractivity contribution in [2.24, 2.45) is 17.8 Å². The van der Waals surface area contributed by atoms with Crippen molar-refractivity contribution in [2.45, 2.75) is 38.5 Å². The van der Waals surface area contributed by atoms with Gasteiger partial charge < -0.3 is 20.8 Å². The molecule has 4 aliphatic carbocycles. The summed E-state index contributed by atoms with van der Waals surface area (Å²) in [7, 11) is 0. The summed E-state index contributed by atoms with van der Waals surface area (Å²) in [5.74, 6) is 5.35. The van der Waals surface area contributed by atoms with E-state index < -0.39 is 0 Å². The summed E-state index contributed by atoms with van der Waals surface area (Å²) in [5.41, 5.74) is 0. The van der Waals surface area contributed by atoms with Crippen LogP contribution in [0.3, 0.4) is 0 Å². The summed E-state index contributed by atoms with van der Waals surface area (Å²) in [6.45, 7) is 0. The van der Waals surface area contributed by atoms with Gasteiger partial charge in [0.15, 0.2) is 0 Å². The third-order valence-electron chi connectivity index (χ3n) is 3.73. The molecule has 1 heteroatoms. The first-order valence-electron chi connectivity index (χ1n) is 4.73. The van der Waals surface area contributed by atoms with Gasteiger partial charge in [-0.3, -0.25) is 0 Å². The maximum absolute atomic E-state index is 1.93. The van der Waals surface area contributed by atoms with Crippen LogP contribution in [0.25, 0.3) is 0 Å². The number of hydrogen-bond acceptors (Lipinski definition) is 0. The quantitative estimate of drug-likeness (QED) is 0.425. The van der Waals surface area contributed by atoms with E-state index in [1.54, 1.807) is 19.3 Å². The fraction of sp³-hybridized carbons (Fsp3) is 0.750. The Hall–Kier alpha value is 0.714. The second-order valence-corrected chi connectivity index (χ2v) is 4.67. The summed E-state index contributed by atoms with van der Waals surface area (Å²) in [6.07, 6.45) is 9.31. The molecule has 0 aromatic rings. The predicted octanol–water partition coefficient (Wildman–Crippen LogP) is 3.69. The first kappa shape index (κ1) is 13.7. The molecule has 0 N–H and O–H groups in total. The van der Waals surface area contributed by atoms with E-state index in [4.69, 9.17) is 0 Å². The van der Waals surface area contributed by atoms with Gasteiger partial charge in [-0.1, -0.05) is 37.0 Å². The van der Waals surface area contributed by atoms with Crippen LogP contribution in [0.2, 0.25) is 0 Å². The van der Waals surface area contributed by atoms with Gasteiger partial charge in [0.05, 0.1) is 0 Å². The average molecular weight is 213 g/mol. The Morgan fingerprint density at radius 2 is 1.00 bits per heavy atom. The van der Waals surface area contributed by atoms with E-state index in [0.717, 1.165) is 17.8 Å². The molecule has 73 valence electrons. The van der Waals surface area contributed by atoms with Gasteiger partial charge in [0.25, 0.3) is 0 Å². The van der Waals surface area contributed by atoms with Gasteiger partial charge in [-0.25, -0.2) is 0 Å². The SMILES string of the molecule is C1[C-]2CC3CC1CC(C2)C3.[CH3-].[CH3-].[Ti+3]. The normalized spacial score (nSPS) is 40.2. The Labute approximate surface area is 98.8 Å². The Balaban J connectivity index is 0.000000480. The Kier molecular flexibility index (Phi) is 5.26. The van der Waals surface area contributed by atoms with Crippen LogP contribution in [0.1, 0.15) is 38.5 Å². The van der Waals surface area contributed by atoms with Crippen LogP contribution in [0.5, 0.6) is 0 Å². The van der Waals surface area contributed by atoms with Gasteiger partial charge in [0, 0.05) is 0 Å². The van der Waals surface area contributed by atoms with Crippen LogP contribution >= 0.6 is 0 Å². The molecule has 0 amide bonds. The number of rotatable bonds is 0. The van der Waals surface area contributed by atoms with Gasteiger partial charge in [0.2, 0.25) is 0 Å². The fourth-order valence-corrected chi connectivity index (χ4v) is 3.68. The molecule has 0 aromatic carbocycles. The van der Waals surface area contributed by atoms with Crippen molar-refractivity contribution in [2.75, 3.05) is 0 Å². The Morgan fingerprint density at radius 1 is 0.692 bits per heavy atom. The van der Waals surface area contributed by atoms with E-state index in [-0.39, 0.29) is 36.6 Å². The van der Waals surface area contributed by atoms with Crippen LogP contribution in [0.4, 0.5) is 0 Å². The molecule has 0 saturated heterocycles. The van der Waals surface area contributed by atoms with E-state index >= 15 is 0 Å². The van der Waals surface area contributed by atoms with Crippen LogP contribution in [0, 0.1) is 38.5 Å². The maximum Gasteiger partial charge on any atom is 3.00 e. The minimum absolute atomic E-state index is 0. The van der Waals surface area contributed by atoms with Crippen LogP contribution in [0.15, 0.2) is 0 Å². The first-order chi connectivity index (χ1) is 4.90. The smallest absolute Gasteiger partial charge is 0.358 e. The molecule has 0 aliphatic heterocycles. The van der Waals surface area contributed by atoms with E-state index in [1.165, 1.54) is 19.3 Å². The summed E-state index contributed by atoms with van der Waals surface area (Å²) in [4.78, 5) is 0. The van der Waals surface area contributed by atoms with E-state index in [0.29, 0.717) is 0 Å². The van der Waals surface area contributed by atoms with Crippen molar-refractivity contribution < 1.29 is 21.7 Å². The standard InChI is InChI=1S/C10H15.2CH3.Ti/c1-7-2-9-4-8(1)5-10(3-7)6-9;;;/h7-9H,1-6H2;2*1H3;/q3*-1;+3. The Morgan fingerprint density at radius 3 is 1.23 bits per heavy atom. The van der Waals surface area contributed by atoms with Crippen molar-refractivity contribution in [3.8, 4) is 0 Å². The zero-order chi connectivity index (χ0) is 6.55. The summed E-state index contributed by atoms with van der Waals surface area (Å²) < 4.78 is 0. The molecule has 0 spiro atoms. The van der Waals surface area contributed by atoms with Crippen molar-refractivity contribution in [3.05, 3.63) is 20.8 Å². The summed E-state index contributed by atoms with van der Waals surface area (Å²) in [6, 6.07) is 0. The average Bonchev–Trinajstić information content (AvgIpc) is 1.82. The van der Waals surface area contributed by atoms with Gasteiger partial charge in [-0.2, -0.15) is 19.3 Å². The molecule has 4 fully saturated rings. The van der Waals surface area contributed by atoms with Gasteiger partial charge in [-0.05, 0) is 0 Å². The molecule has 4 aliphatic rings. The minimum Gasteiger partial charge on any atom is -0.358 e. The molecule has 4 rings (SSSR count). The molecular formula is C12H21Ti. The molecule has 0 unspecified atom stereocenters. The summed E-state index contributed by atoms with van der Waals surface area (Å²) >= 11 is 0. The first-order valence-corrected chi connectivity index (χ1v) is 4.73. The topological polar surface area (TPSA) is 0 Å². The monoisotopic (exact) mass is 213 g/mol. The minimum atomic E-state index is 0. The molecule has 0 nitrogen and oxygen atoms in total. The third kappa shape index (κ3) is 2.39.